The van der Waals surface area contributed by atoms with Gasteiger partial charge in [-0.1, -0.05) is 5.16 Å². The van der Waals surface area contributed by atoms with Crippen LogP contribution in [-0.4, -0.2) is 66.6 Å². The first kappa shape index (κ1) is 14.6. The van der Waals surface area contributed by atoms with E-state index in [0.29, 0.717) is 43.4 Å². The minimum Gasteiger partial charge on any atom is -0.495 e. The van der Waals surface area contributed by atoms with Gasteiger partial charge in [-0.05, 0) is 11.4 Å². The van der Waals surface area contributed by atoms with Crippen LogP contribution in [0.15, 0.2) is 16.6 Å². The number of carbonyl (C=O) groups excluding carboxylic acids is 1. The van der Waals surface area contributed by atoms with E-state index < -0.39 is 0 Å². The molecule has 20 heavy (non-hydrogen) atoms. The Balaban J connectivity index is 1.92. The highest BCUT2D eigenvalue weighted by molar-refractivity contribution is 7.12. The van der Waals surface area contributed by atoms with Gasteiger partial charge in [-0.25, -0.2) is 0 Å². The van der Waals surface area contributed by atoms with Crippen molar-refractivity contribution < 1.29 is 14.7 Å². The summed E-state index contributed by atoms with van der Waals surface area (Å²) in [5.74, 6) is 0.809. The smallest absolute Gasteiger partial charge is 0.267 e. The van der Waals surface area contributed by atoms with Crippen LogP contribution < -0.4 is 10.5 Å². The summed E-state index contributed by atoms with van der Waals surface area (Å²) in [4.78, 5) is 16.9. The van der Waals surface area contributed by atoms with Gasteiger partial charge >= 0.3 is 0 Å². The summed E-state index contributed by atoms with van der Waals surface area (Å²) in [5.41, 5.74) is 5.48. The first-order chi connectivity index (χ1) is 9.65. The Kier molecular flexibility index (Phi) is 4.80. The fourth-order valence-corrected chi connectivity index (χ4v) is 2.95. The minimum absolute atomic E-state index is 0.000275. The molecule has 0 bridgehead atoms. The van der Waals surface area contributed by atoms with E-state index in [9.17, 15) is 4.79 Å². The summed E-state index contributed by atoms with van der Waals surface area (Å²) >= 11 is 1.39. The Hall–Kier alpha value is -1.80. The van der Waals surface area contributed by atoms with Crippen molar-refractivity contribution >= 4 is 23.1 Å². The van der Waals surface area contributed by atoms with E-state index in [2.05, 4.69) is 5.16 Å². The van der Waals surface area contributed by atoms with Crippen molar-refractivity contribution in [2.45, 2.75) is 0 Å². The van der Waals surface area contributed by atoms with Crippen LogP contribution in [0.1, 0.15) is 9.67 Å². The number of hydrogen-bond donors (Lipinski definition) is 2. The molecule has 110 valence electrons. The SMILES string of the molecule is COc1ccsc1C(=O)N1CCN(C/C(N)=N/O)CC1. The quantitative estimate of drug-likeness (QED) is 0.360. The maximum Gasteiger partial charge on any atom is 0.267 e. The van der Waals surface area contributed by atoms with Gasteiger partial charge < -0.3 is 20.6 Å². The third kappa shape index (κ3) is 3.20. The number of rotatable bonds is 4. The molecule has 1 saturated heterocycles. The number of oxime groups is 1. The first-order valence-electron chi connectivity index (χ1n) is 6.25. The number of methoxy groups -OCH3 is 1. The lowest BCUT2D eigenvalue weighted by molar-refractivity contribution is 0.0655. The molecule has 3 N–H and O–H groups in total. The standard InChI is InChI=1S/C12H18N4O3S/c1-19-9-2-7-20-11(9)12(17)16-5-3-15(4-6-16)8-10(13)14-18/h2,7,18H,3-6,8H2,1H3,(H2,13,14). The zero-order valence-electron chi connectivity index (χ0n) is 11.3. The van der Waals surface area contributed by atoms with Crippen LogP contribution in [-0.2, 0) is 0 Å². The van der Waals surface area contributed by atoms with Crippen LogP contribution >= 0.6 is 11.3 Å². The molecule has 7 nitrogen and oxygen atoms in total. The van der Waals surface area contributed by atoms with Crippen LogP contribution in [0, 0.1) is 0 Å². The lowest BCUT2D eigenvalue weighted by Gasteiger charge is -2.34. The van der Waals surface area contributed by atoms with Crippen molar-refractivity contribution in [3.05, 3.63) is 16.3 Å². The average molecular weight is 298 g/mol. The number of nitrogens with zero attached hydrogens (tertiary/aromatic N) is 3. The molecule has 1 aliphatic heterocycles. The summed E-state index contributed by atoms with van der Waals surface area (Å²) in [6.45, 7) is 3.07. The van der Waals surface area contributed by atoms with Crippen molar-refractivity contribution in [3.63, 3.8) is 0 Å². The molecule has 0 saturated carbocycles. The summed E-state index contributed by atoms with van der Waals surface area (Å²) < 4.78 is 5.18. The highest BCUT2D eigenvalue weighted by Crippen LogP contribution is 2.26. The molecule has 8 heteroatoms. The summed E-state index contributed by atoms with van der Waals surface area (Å²) in [6.07, 6.45) is 0. The fourth-order valence-electron chi connectivity index (χ4n) is 2.13. The summed E-state index contributed by atoms with van der Waals surface area (Å²) in [6, 6.07) is 1.80. The second kappa shape index (κ2) is 6.58. The molecule has 1 aromatic heterocycles. The number of hydrogen-bond acceptors (Lipinski definition) is 6. The van der Waals surface area contributed by atoms with Crippen LogP contribution in [0.25, 0.3) is 0 Å². The molecular weight excluding hydrogens is 280 g/mol. The molecule has 1 aliphatic rings. The summed E-state index contributed by atoms with van der Waals surface area (Å²) in [7, 11) is 1.56. The Labute approximate surface area is 121 Å². The maximum atomic E-state index is 12.4. The van der Waals surface area contributed by atoms with Crippen LogP contribution in [0.4, 0.5) is 0 Å². The van der Waals surface area contributed by atoms with Gasteiger partial charge in [0.05, 0.1) is 13.7 Å². The molecule has 0 spiro atoms. The highest BCUT2D eigenvalue weighted by Gasteiger charge is 2.25. The van der Waals surface area contributed by atoms with Gasteiger partial charge in [0.2, 0.25) is 0 Å². The molecule has 0 atom stereocenters. The molecule has 0 aromatic carbocycles. The van der Waals surface area contributed by atoms with E-state index in [-0.39, 0.29) is 11.7 Å². The number of amides is 1. The van der Waals surface area contributed by atoms with Crippen molar-refractivity contribution in [3.8, 4) is 5.75 Å². The number of ether oxygens (including phenoxy) is 1. The Bertz CT molecular complexity index is 495. The van der Waals surface area contributed by atoms with E-state index in [0.717, 1.165) is 0 Å². The molecule has 0 unspecified atom stereocenters. The van der Waals surface area contributed by atoms with Crippen LogP contribution in [0.5, 0.6) is 5.75 Å². The minimum atomic E-state index is 0.000275. The topological polar surface area (TPSA) is 91.4 Å². The van der Waals surface area contributed by atoms with Crippen molar-refractivity contribution in [2.24, 2.45) is 10.9 Å². The lowest BCUT2D eigenvalue weighted by atomic mass is 10.3. The van der Waals surface area contributed by atoms with Crippen LogP contribution in [0.2, 0.25) is 0 Å². The van der Waals surface area contributed by atoms with Crippen molar-refractivity contribution in [1.82, 2.24) is 9.80 Å². The van der Waals surface area contributed by atoms with E-state index in [4.69, 9.17) is 15.7 Å². The first-order valence-corrected chi connectivity index (χ1v) is 7.13. The van der Waals surface area contributed by atoms with E-state index in [1.807, 2.05) is 10.3 Å². The summed E-state index contributed by atoms with van der Waals surface area (Å²) in [5, 5.41) is 13.4. The molecular formula is C12H18N4O3S. The zero-order chi connectivity index (χ0) is 14.5. The normalized spacial score (nSPS) is 17.2. The van der Waals surface area contributed by atoms with Crippen molar-refractivity contribution in [2.75, 3.05) is 39.8 Å². The molecule has 1 aromatic rings. The third-order valence-electron chi connectivity index (χ3n) is 3.22. The lowest BCUT2D eigenvalue weighted by Crippen LogP contribution is -2.50. The molecule has 0 aliphatic carbocycles. The second-order valence-electron chi connectivity index (χ2n) is 4.48. The van der Waals surface area contributed by atoms with Gasteiger partial charge in [0, 0.05) is 26.2 Å². The number of nitrogens with two attached hydrogens (primary N) is 1. The van der Waals surface area contributed by atoms with Crippen LogP contribution in [0.3, 0.4) is 0 Å². The average Bonchev–Trinajstić information content (AvgIpc) is 2.95. The third-order valence-corrected chi connectivity index (χ3v) is 4.10. The highest BCUT2D eigenvalue weighted by atomic mass is 32.1. The maximum absolute atomic E-state index is 12.4. The molecule has 2 heterocycles. The monoisotopic (exact) mass is 298 g/mol. The molecule has 1 fully saturated rings. The predicted molar refractivity (Wildman–Crippen MR) is 76.6 cm³/mol. The van der Waals surface area contributed by atoms with E-state index >= 15 is 0 Å². The van der Waals surface area contributed by atoms with Crippen molar-refractivity contribution in [1.29, 1.82) is 0 Å². The molecule has 0 radical (unpaired) electrons. The van der Waals surface area contributed by atoms with E-state index in [1.165, 1.54) is 11.3 Å². The second-order valence-corrected chi connectivity index (χ2v) is 5.39. The predicted octanol–water partition coefficient (Wildman–Crippen LogP) is 0.261. The Morgan fingerprint density at radius 3 is 2.80 bits per heavy atom. The zero-order valence-corrected chi connectivity index (χ0v) is 12.1. The van der Waals surface area contributed by atoms with Gasteiger partial charge in [0.25, 0.3) is 5.91 Å². The Morgan fingerprint density at radius 2 is 2.20 bits per heavy atom. The largest absolute Gasteiger partial charge is 0.495 e. The van der Waals surface area contributed by atoms with Gasteiger partial charge in [0.15, 0.2) is 5.84 Å². The molecule has 2 rings (SSSR count). The fraction of sp³-hybridized carbons (Fsp3) is 0.500. The van der Waals surface area contributed by atoms with Gasteiger partial charge in [-0.2, -0.15) is 0 Å². The van der Waals surface area contributed by atoms with E-state index in [1.54, 1.807) is 18.1 Å². The van der Waals surface area contributed by atoms with Gasteiger partial charge in [0.1, 0.15) is 10.6 Å². The number of piperazine rings is 1. The number of amidine groups is 1. The number of thiophene rings is 1. The van der Waals surface area contributed by atoms with Gasteiger partial charge in [-0.15, -0.1) is 11.3 Å². The Morgan fingerprint density at radius 1 is 1.50 bits per heavy atom. The number of carbonyl (C=O) groups is 1. The molecule has 1 amide bonds. The van der Waals surface area contributed by atoms with Gasteiger partial charge in [-0.3, -0.25) is 9.69 Å².